The van der Waals surface area contributed by atoms with Gasteiger partial charge < -0.3 is 9.80 Å². The van der Waals surface area contributed by atoms with E-state index in [9.17, 15) is 13.2 Å². The van der Waals surface area contributed by atoms with Crippen LogP contribution in [0.15, 0.2) is 52.3 Å². The van der Waals surface area contributed by atoms with Gasteiger partial charge in [-0.15, -0.1) is 11.8 Å². The molecule has 0 radical (unpaired) electrons. The smallest absolute Gasteiger partial charge is 0.255 e. The minimum absolute atomic E-state index is 0.0784. The van der Waals surface area contributed by atoms with Crippen molar-refractivity contribution in [2.24, 2.45) is 0 Å². The molecule has 0 aliphatic carbocycles. The summed E-state index contributed by atoms with van der Waals surface area (Å²) in [5, 5.41) is 0. The number of hydrogen-bond acceptors (Lipinski definition) is 5. The highest BCUT2D eigenvalue weighted by Crippen LogP contribution is 2.26. The van der Waals surface area contributed by atoms with Crippen molar-refractivity contribution < 1.29 is 13.2 Å². The number of anilines is 1. The van der Waals surface area contributed by atoms with Gasteiger partial charge in [-0.1, -0.05) is 25.0 Å². The number of amides is 1. The lowest BCUT2D eigenvalue weighted by atomic mass is 10.2. The molecule has 0 bridgehead atoms. The Morgan fingerprint density at radius 1 is 1.00 bits per heavy atom. The molecule has 1 aliphatic heterocycles. The molecule has 0 saturated carbocycles. The van der Waals surface area contributed by atoms with Crippen molar-refractivity contribution in [2.75, 3.05) is 37.3 Å². The van der Waals surface area contributed by atoms with E-state index in [1.165, 1.54) is 17.8 Å². The van der Waals surface area contributed by atoms with Gasteiger partial charge in [-0.25, -0.2) is 13.1 Å². The number of likely N-dealkylation sites (tertiary alicyclic amines) is 1. The molecule has 1 fully saturated rings. The minimum atomic E-state index is -3.75. The van der Waals surface area contributed by atoms with E-state index in [2.05, 4.69) is 23.5 Å². The molecule has 1 amide bonds. The second-order valence-electron chi connectivity index (χ2n) is 8.23. The topological polar surface area (TPSA) is 69.7 Å². The Balaban J connectivity index is 1.76. The molecule has 1 heterocycles. The molecule has 0 atom stereocenters. The average molecular weight is 490 g/mol. The predicted molar refractivity (Wildman–Crippen MR) is 137 cm³/mol. The molecule has 0 aromatic heterocycles. The first-order chi connectivity index (χ1) is 15.9. The number of carbonyl (C=O) groups excluding carboxylic acids is 1. The lowest BCUT2D eigenvalue weighted by molar-refractivity contribution is 0.0758. The molecular formula is C25H35N3O3S2. The van der Waals surface area contributed by atoms with E-state index in [-0.39, 0.29) is 17.3 Å². The van der Waals surface area contributed by atoms with Crippen LogP contribution in [0.25, 0.3) is 0 Å². The number of rotatable bonds is 9. The second kappa shape index (κ2) is 11.9. The highest BCUT2D eigenvalue weighted by atomic mass is 32.2. The summed E-state index contributed by atoms with van der Waals surface area (Å²) in [6.45, 7) is 7.72. The summed E-state index contributed by atoms with van der Waals surface area (Å²) < 4.78 is 28.7. The van der Waals surface area contributed by atoms with E-state index < -0.39 is 10.0 Å². The number of nitrogens with zero attached hydrogens (tertiary/aromatic N) is 2. The van der Waals surface area contributed by atoms with Gasteiger partial charge in [-0.3, -0.25) is 4.79 Å². The number of benzene rings is 2. The maximum Gasteiger partial charge on any atom is 0.255 e. The molecule has 180 valence electrons. The van der Waals surface area contributed by atoms with Crippen molar-refractivity contribution in [2.45, 2.75) is 55.9 Å². The second-order valence-corrected chi connectivity index (χ2v) is 10.8. The monoisotopic (exact) mass is 489 g/mol. The molecule has 1 aliphatic rings. The molecule has 8 heteroatoms. The number of sulfonamides is 1. The lowest BCUT2D eigenvalue weighted by Gasteiger charge is -2.22. The minimum Gasteiger partial charge on any atom is -0.372 e. The van der Waals surface area contributed by atoms with Gasteiger partial charge in [0.2, 0.25) is 10.0 Å². The van der Waals surface area contributed by atoms with Gasteiger partial charge in [0.1, 0.15) is 0 Å². The first-order valence-electron chi connectivity index (χ1n) is 11.7. The third-order valence-corrected chi connectivity index (χ3v) is 8.33. The summed E-state index contributed by atoms with van der Waals surface area (Å²) in [5.74, 6) is -0.0784. The normalized spacial score (nSPS) is 14.7. The summed E-state index contributed by atoms with van der Waals surface area (Å²) >= 11 is 1.46. The molecule has 2 aromatic rings. The van der Waals surface area contributed by atoms with Gasteiger partial charge in [0.25, 0.3) is 5.91 Å². The van der Waals surface area contributed by atoms with E-state index in [0.29, 0.717) is 5.56 Å². The zero-order valence-corrected chi connectivity index (χ0v) is 21.5. The Labute approximate surface area is 202 Å². The Bertz CT molecular complexity index is 1030. The van der Waals surface area contributed by atoms with E-state index in [1.807, 2.05) is 35.4 Å². The highest BCUT2D eigenvalue weighted by Gasteiger charge is 2.23. The van der Waals surface area contributed by atoms with E-state index >= 15 is 0 Å². The van der Waals surface area contributed by atoms with Crippen LogP contribution in [0.4, 0.5) is 5.69 Å². The Hall–Kier alpha value is -2.03. The molecule has 2 aromatic carbocycles. The fraction of sp³-hybridized carbons (Fsp3) is 0.480. The lowest BCUT2D eigenvalue weighted by Crippen LogP contribution is -2.32. The van der Waals surface area contributed by atoms with Crippen molar-refractivity contribution in [1.82, 2.24) is 9.62 Å². The Morgan fingerprint density at radius 3 is 2.21 bits per heavy atom. The average Bonchev–Trinajstić information content (AvgIpc) is 3.13. The number of hydrogen-bond donors (Lipinski definition) is 1. The van der Waals surface area contributed by atoms with E-state index in [1.54, 1.807) is 12.1 Å². The quantitative estimate of drug-likeness (QED) is 0.515. The molecule has 0 unspecified atom stereocenters. The molecule has 3 rings (SSSR count). The third kappa shape index (κ3) is 6.52. The van der Waals surface area contributed by atoms with Crippen molar-refractivity contribution in [1.29, 1.82) is 0 Å². The number of thioether (sulfide) groups is 1. The van der Waals surface area contributed by atoms with Crippen molar-refractivity contribution in [3.05, 3.63) is 53.6 Å². The SMILES string of the molecule is CCN(CC)c1ccc(CNS(=O)(=O)c2ccc(SC)c(C(=O)N3CCCCCC3)c2)cc1. The van der Waals surface area contributed by atoms with Crippen LogP contribution in [0.1, 0.15) is 55.5 Å². The molecule has 33 heavy (non-hydrogen) atoms. The third-order valence-electron chi connectivity index (χ3n) is 6.14. The van der Waals surface area contributed by atoms with Gasteiger partial charge in [-0.05, 0) is 68.8 Å². The van der Waals surface area contributed by atoms with Gasteiger partial charge in [0.15, 0.2) is 0 Å². The van der Waals surface area contributed by atoms with E-state index in [0.717, 1.165) is 68.0 Å². The van der Waals surface area contributed by atoms with Crippen LogP contribution in [0.2, 0.25) is 0 Å². The predicted octanol–water partition coefficient (Wildman–Crippen LogP) is 4.75. The van der Waals surface area contributed by atoms with Crippen LogP contribution >= 0.6 is 11.8 Å². The van der Waals surface area contributed by atoms with Crippen LogP contribution in [-0.2, 0) is 16.6 Å². The number of carbonyl (C=O) groups is 1. The zero-order chi connectivity index (χ0) is 23.8. The van der Waals surface area contributed by atoms with Gasteiger partial charge >= 0.3 is 0 Å². The maximum absolute atomic E-state index is 13.2. The van der Waals surface area contributed by atoms with E-state index in [4.69, 9.17) is 0 Å². The summed E-state index contributed by atoms with van der Waals surface area (Å²) in [6, 6.07) is 12.8. The van der Waals surface area contributed by atoms with Crippen LogP contribution in [0, 0.1) is 0 Å². The van der Waals surface area contributed by atoms with Crippen LogP contribution in [-0.4, -0.2) is 51.7 Å². The van der Waals surface area contributed by atoms with Crippen LogP contribution < -0.4 is 9.62 Å². The molecule has 0 spiro atoms. The van der Waals surface area contributed by atoms with Gasteiger partial charge in [0.05, 0.1) is 10.5 Å². The fourth-order valence-electron chi connectivity index (χ4n) is 4.14. The number of nitrogens with one attached hydrogen (secondary N) is 1. The fourth-order valence-corrected chi connectivity index (χ4v) is 5.75. The largest absolute Gasteiger partial charge is 0.372 e. The summed E-state index contributed by atoms with van der Waals surface area (Å²) in [5.41, 5.74) is 2.47. The standard InChI is InChI=1S/C25H35N3O3S2/c1-4-27(5-2)21-12-10-20(11-13-21)19-26-33(30,31)22-14-15-24(32-3)23(18-22)25(29)28-16-8-6-7-9-17-28/h10-15,18,26H,4-9,16-17,19H2,1-3H3. The van der Waals surface area contributed by atoms with Crippen LogP contribution in [0.3, 0.4) is 0 Å². The molecular weight excluding hydrogens is 454 g/mol. The first-order valence-corrected chi connectivity index (χ1v) is 14.4. The van der Waals surface area contributed by atoms with Crippen molar-refractivity contribution in [3.8, 4) is 0 Å². The summed E-state index contributed by atoms with van der Waals surface area (Å²) in [6.07, 6.45) is 6.16. The zero-order valence-electron chi connectivity index (χ0n) is 19.8. The van der Waals surface area contributed by atoms with Crippen LogP contribution in [0.5, 0.6) is 0 Å². The van der Waals surface area contributed by atoms with Gasteiger partial charge in [-0.2, -0.15) is 0 Å². The van der Waals surface area contributed by atoms with Crippen molar-refractivity contribution >= 4 is 33.4 Å². The first kappa shape index (κ1) is 25.6. The molecule has 1 N–H and O–H groups in total. The Kier molecular flexibility index (Phi) is 9.23. The van der Waals surface area contributed by atoms with Crippen molar-refractivity contribution in [3.63, 3.8) is 0 Å². The highest BCUT2D eigenvalue weighted by molar-refractivity contribution is 7.98. The Morgan fingerprint density at radius 2 is 1.64 bits per heavy atom. The maximum atomic E-state index is 13.2. The molecule has 6 nitrogen and oxygen atoms in total. The summed E-state index contributed by atoms with van der Waals surface area (Å²) in [7, 11) is -3.75. The molecule has 1 saturated heterocycles. The summed E-state index contributed by atoms with van der Waals surface area (Å²) in [4.78, 5) is 18.2. The van der Waals surface area contributed by atoms with Gasteiger partial charge in [0, 0.05) is 43.3 Å².